The number of carbonyl (C=O) groups is 3. The lowest BCUT2D eigenvalue weighted by Gasteiger charge is -2.25. The second kappa shape index (κ2) is 7.51. The van der Waals surface area contributed by atoms with Gasteiger partial charge in [-0.2, -0.15) is 0 Å². The van der Waals surface area contributed by atoms with Crippen molar-refractivity contribution in [2.45, 2.75) is 26.2 Å². The van der Waals surface area contributed by atoms with Crippen molar-refractivity contribution in [1.29, 1.82) is 0 Å². The van der Waals surface area contributed by atoms with Crippen LogP contribution < -0.4 is 10.2 Å². The van der Waals surface area contributed by atoms with Gasteiger partial charge in [-0.15, -0.1) is 0 Å². The Morgan fingerprint density at radius 3 is 2.29 bits per heavy atom. The summed E-state index contributed by atoms with van der Waals surface area (Å²) in [5, 5.41) is 2.83. The van der Waals surface area contributed by atoms with Gasteiger partial charge in [-0.1, -0.05) is 22.9 Å². The number of carbonyl (C=O) groups excluding carboxylic acids is 3. The quantitative estimate of drug-likeness (QED) is 0.707. The van der Waals surface area contributed by atoms with Gasteiger partial charge >= 0.3 is 0 Å². The standard InChI is InChI=1S/C22H21BrN2O3/c1-13-2-11-18-19(12-13)22(28)25(21(18)27)17-9-3-14(4-10-17)20(26)24-16-7-5-15(23)6-8-16/h3-10,13,18-19H,2,11-12H2,1H3,(H,24,26)/t13-,18+,19-/m1/s1. The lowest BCUT2D eigenvalue weighted by molar-refractivity contribution is -0.122. The van der Waals surface area contributed by atoms with Gasteiger partial charge in [0.15, 0.2) is 0 Å². The first kappa shape index (κ1) is 18.9. The minimum absolute atomic E-state index is 0.103. The molecule has 144 valence electrons. The summed E-state index contributed by atoms with van der Waals surface area (Å²) in [5.41, 5.74) is 1.70. The Balaban J connectivity index is 1.50. The predicted molar refractivity (Wildman–Crippen MR) is 111 cm³/mol. The second-order valence-corrected chi connectivity index (χ2v) is 8.57. The molecule has 0 radical (unpaired) electrons. The zero-order valence-electron chi connectivity index (χ0n) is 15.5. The van der Waals surface area contributed by atoms with E-state index in [-0.39, 0.29) is 29.6 Å². The van der Waals surface area contributed by atoms with Crippen LogP contribution >= 0.6 is 15.9 Å². The fraction of sp³-hybridized carbons (Fsp3) is 0.318. The largest absolute Gasteiger partial charge is 0.322 e. The van der Waals surface area contributed by atoms with Crippen molar-refractivity contribution in [3.63, 3.8) is 0 Å². The van der Waals surface area contributed by atoms with Gasteiger partial charge in [0.2, 0.25) is 11.8 Å². The first-order valence-electron chi connectivity index (χ1n) is 9.49. The molecule has 1 aliphatic heterocycles. The summed E-state index contributed by atoms with van der Waals surface area (Å²) in [5.74, 6) is -0.360. The summed E-state index contributed by atoms with van der Waals surface area (Å²) in [6.45, 7) is 2.13. The number of nitrogens with one attached hydrogen (secondary N) is 1. The van der Waals surface area contributed by atoms with E-state index < -0.39 is 0 Å². The molecule has 0 unspecified atom stereocenters. The van der Waals surface area contributed by atoms with Gasteiger partial charge in [-0.05, 0) is 73.7 Å². The number of fused-ring (bicyclic) bond motifs is 1. The van der Waals surface area contributed by atoms with Gasteiger partial charge in [-0.25, -0.2) is 0 Å². The number of hydrogen-bond acceptors (Lipinski definition) is 3. The molecule has 6 heteroatoms. The third-order valence-corrected chi connectivity index (χ3v) is 6.21. The van der Waals surface area contributed by atoms with Crippen LogP contribution in [0.15, 0.2) is 53.0 Å². The summed E-state index contributed by atoms with van der Waals surface area (Å²) in [6.07, 6.45) is 2.54. The monoisotopic (exact) mass is 440 g/mol. The molecule has 1 aliphatic carbocycles. The molecule has 2 aliphatic rings. The number of hydrogen-bond donors (Lipinski definition) is 1. The lowest BCUT2D eigenvalue weighted by Crippen LogP contribution is -2.30. The Kier molecular flexibility index (Phi) is 5.06. The van der Waals surface area contributed by atoms with Crippen LogP contribution in [0.1, 0.15) is 36.5 Å². The lowest BCUT2D eigenvalue weighted by atomic mass is 9.76. The van der Waals surface area contributed by atoms with Gasteiger partial charge in [-0.3, -0.25) is 19.3 Å². The topological polar surface area (TPSA) is 66.5 Å². The fourth-order valence-electron chi connectivity index (χ4n) is 4.14. The van der Waals surface area contributed by atoms with Crippen LogP contribution in [0.3, 0.4) is 0 Å². The van der Waals surface area contributed by atoms with E-state index in [2.05, 4.69) is 28.2 Å². The summed E-state index contributed by atoms with van der Waals surface area (Å²) in [4.78, 5) is 39.3. The van der Waals surface area contributed by atoms with Crippen molar-refractivity contribution in [3.8, 4) is 0 Å². The highest BCUT2D eigenvalue weighted by molar-refractivity contribution is 9.10. The summed E-state index contributed by atoms with van der Waals surface area (Å²) in [6, 6.07) is 14.0. The Morgan fingerprint density at radius 2 is 1.61 bits per heavy atom. The molecule has 2 aromatic carbocycles. The highest BCUT2D eigenvalue weighted by atomic mass is 79.9. The number of benzene rings is 2. The van der Waals surface area contributed by atoms with Gasteiger partial charge in [0.05, 0.1) is 17.5 Å². The molecule has 0 spiro atoms. The van der Waals surface area contributed by atoms with Crippen LogP contribution in [-0.4, -0.2) is 17.7 Å². The van der Waals surface area contributed by atoms with E-state index in [0.29, 0.717) is 22.9 Å². The minimum atomic E-state index is -0.240. The molecule has 1 saturated carbocycles. The van der Waals surface area contributed by atoms with Gasteiger partial charge in [0.25, 0.3) is 5.91 Å². The zero-order valence-corrected chi connectivity index (χ0v) is 17.1. The maximum absolute atomic E-state index is 12.8. The maximum Gasteiger partial charge on any atom is 0.255 e. The molecule has 1 heterocycles. The normalized spacial score (nSPS) is 24.2. The number of halogens is 1. The van der Waals surface area contributed by atoms with Gasteiger partial charge in [0.1, 0.15) is 0 Å². The number of amides is 3. The predicted octanol–water partition coefficient (Wildman–Crippen LogP) is 4.63. The Labute approximate surface area is 172 Å². The highest BCUT2D eigenvalue weighted by Gasteiger charge is 2.49. The first-order valence-corrected chi connectivity index (χ1v) is 10.3. The Hall–Kier alpha value is -2.47. The molecule has 4 rings (SSSR count). The van der Waals surface area contributed by atoms with Crippen molar-refractivity contribution in [2.24, 2.45) is 17.8 Å². The highest BCUT2D eigenvalue weighted by Crippen LogP contribution is 2.42. The van der Waals surface area contributed by atoms with Crippen molar-refractivity contribution in [1.82, 2.24) is 0 Å². The first-order chi connectivity index (χ1) is 13.4. The molecule has 0 aromatic heterocycles. The van der Waals surface area contributed by atoms with Crippen LogP contribution in [0.2, 0.25) is 0 Å². The third-order valence-electron chi connectivity index (χ3n) is 5.68. The van der Waals surface area contributed by atoms with E-state index in [1.54, 1.807) is 36.4 Å². The zero-order chi connectivity index (χ0) is 19.8. The van der Waals surface area contributed by atoms with Gasteiger partial charge in [0, 0.05) is 15.7 Å². The number of rotatable bonds is 3. The van der Waals surface area contributed by atoms with Crippen molar-refractivity contribution in [2.75, 3.05) is 10.2 Å². The molecule has 3 atom stereocenters. The van der Waals surface area contributed by atoms with E-state index in [0.717, 1.165) is 23.7 Å². The van der Waals surface area contributed by atoms with E-state index in [4.69, 9.17) is 0 Å². The molecule has 1 saturated heterocycles. The molecule has 5 nitrogen and oxygen atoms in total. The fourth-order valence-corrected chi connectivity index (χ4v) is 4.41. The smallest absolute Gasteiger partial charge is 0.255 e. The minimum Gasteiger partial charge on any atom is -0.322 e. The molecular formula is C22H21BrN2O3. The second-order valence-electron chi connectivity index (χ2n) is 7.65. The molecule has 3 amide bonds. The summed E-state index contributed by atoms with van der Waals surface area (Å²) >= 11 is 3.36. The summed E-state index contributed by atoms with van der Waals surface area (Å²) < 4.78 is 0.935. The SMILES string of the molecule is C[C@@H]1CC[C@@H]2C(=O)N(c3ccc(C(=O)Nc4ccc(Br)cc4)cc3)C(=O)[C@@H]2C1. The van der Waals surface area contributed by atoms with Crippen LogP contribution in [0.4, 0.5) is 11.4 Å². The maximum atomic E-state index is 12.8. The molecule has 0 bridgehead atoms. The average molecular weight is 441 g/mol. The van der Waals surface area contributed by atoms with Crippen molar-refractivity contribution in [3.05, 3.63) is 58.6 Å². The number of anilines is 2. The Bertz CT molecular complexity index is 924. The van der Waals surface area contributed by atoms with E-state index in [1.165, 1.54) is 4.90 Å². The van der Waals surface area contributed by atoms with E-state index in [1.807, 2.05) is 12.1 Å². The van der Waals surface area contributed by atoms with Crippen LogP contribution in [0.25, 0.3) is 0 Å². The average Bonchev–Trinajstić information content (AvgIpc) is 2.93. The van der Waals surface area contributed by atoms with E-state index in [9.17, 15) is 14.4 Å². The molecule has 28 heavy (non-hydrogen) atoms. The Morgan fingerprint density at radius 1 is 0.964 bits per heavy atom. The molecule has 1 N–H and O–H groups in total. The molecule has 2 aromatic rings. The van der Waals surface area contributed by atoms with Crippen molar-refractivity contribution >= 4 is 45.0 Å². The molecule has 2 fully saturated rings. The molecular weight excluding hydrogens is 420 g/mol. The van der Waals surface area contributed by atoms with E-state index >= 15 is 0 Å². The van der Waals surface area contributed by atoms with Gasteiger partial charge < -0.3 is 5.32 Å². The summed E-state index contributed by atoms with van der Waals surface area (Å²) in [7, 11) is 0. The van der Waals surface area contributed by atoms with Crippen molar-refractivity contribution < 1.29 is 14.4 Å². The van der Waals surface area contributed by atoms with Crippen LogP contribution in [-0.2, 0) is 9.59 Å². The van der Waals surface area contributed by atoms with Crippen LogP contribution in [0, 0.1) is 17.8 Å². The third kappa shape index (κ3) is 3.49. The number of nitrogens with zero attached hydrogens (tertiary/aromatic N) is 1. The number of imide groups is 1. The van der Waals surface area contributed by atoms with Crippen LogP contribution in [0.5, 0.6) is 0 Å².